The van der Waals surface area contributed by atoms with Gasteiger partial charge in [0.1, 0.15) is 11.4 Å². The number of ether oxygens (including phenoxy) is 2. The lowest BCUT2D eigenvalue weighted by Crippen LogP contribution is -2.36. The van der Waals surface area contributed by atoms with Gasteiger partial charge in [-0.1, -0.05) is 41.9 Å². The molecule has 2 atom stereocenters. The van der Waals surface area contributed by atoms with Gasteiger partial charge in [-0.25, -0.2) is 18.7 Å². The van der Waals surface area contributed by atoms with Gasteiger partial charge in [-0.2, -0.15) is 5.10 Å². The quantitative estimate of drug-likeness (QED) is 0.206. The van der Waals surface area contributed by atoms with Gasteiger partial charge in [0.2, 0.25) is 0 Å². The molecular formula is C33H31ClFN5O3. The van der Waals surface area contributed by atoms with Crippen molar-refractivity contribution in [3.63, 3.8) is 0 Å². The standard InChI is InChI=1S/C33H31ClFN5O3/c1-33(2,3)43-32(41)21-10-8-20(16-24(21)35)30-29(23-17-22(23)26-11-9-19-6-4-5-7-25(19)36-26)37-31-27(18-28(34)38-40(30)31)39-12-14-42-15-13-39/h4-11,16,18,22-23H,12-15,17H2,1-3H3. The summed E-state index contributed by atoms with van der Waals surface area (Å²) in [5.41, 5.74) is 4.56. The molecule has 43 heavy (non-hydrogen) atoms. The van der Waals surface area contributed by atoms with Crippen LogP contribution in [0, 0.1) is 5.82 Å². The lowest BCUT2D eigenvalue weighted by atomic mass is 10.0. The minimum Gasteiger partial charge on any atom is -0.456 e. The second-order valence-corrected chi connectivity index (χ2v) is 12.5. The second kappa shape index (κ2) is 10.6. The third kappa shape index (κ3) is 5.32. The van der Waals surface area contributed by atoms with Crippen LogP contribution in [0.15, 0.2) is 60.7 Å². The summed E-state index contributed by atoms with van der Waals surface area (Å²) in [6, 6.07) is 18.6. The van der Waals surface area contributed by atoms with Gasteiger partial charge in [-0.15, -0.1) is 0 Å². The number of pyridine rings is 1. The van der Waals surface area contributed by atoms with Crippen LogP contribution in [0.25, 0.3) is 27.8 Å². The Labute approximate surface area is 253 Å². The maximum atomic E-state index is 15.5. The molecule has 0 radical (unpaired) electrons. The summed E-state index contributed by atoms with van der Waals surface area (Å²) in [5.74, 6) is -1.18. The van der Waals surface area contributed by atoms with Crippen molar-refractivity contribution in [2.75, 3.05) is 31.2 Å². The predicted molar refractivity (Wildman–Crippen MR) is 163 cm³/mol. The third-order valence-electron chi connectivity index (χ3n) is 7.92. The smallest absolute Gasteiger partial charge is 0.341 e. The van der Waals surface area contributed by atoms with E-state index in [1.807, 2.05) is 24.3 Å². The van der Waals surface area contributed by atoms with E-state index in [-0.39, 0.29) is 17.4 Å². The molecule has 0 bridgehead atoms. The van der Waals surface area contributed by atoms with Crippen LogP contribution in [0.1, 0.15) is 60.8 Å². The Kier molecular flexibility index (Phi) is 6.82. The third-order valence-corrected chi connectivity index (χ3v) is 8.10. The lowest BCUT2D eigenvalue weighted by Gasteiger charge is -2.28. The van der Waals surface area contributed by atoms with E-state index >= 15 is 4.39 Å². The molecule has 5 aromatic rings. The van der Waals surface area contributed by atoms with E-state index in [1.165, 1.54) is 12.1 Å². The molecule has 0 N–H and O–H groups in total. The summed E-state index contributed by atoms with van der Waals surface area (Å²) in [5, 5.41) is 6.03. The fourth-order valence-electron chi connectivity index (χ4n) is 5.83. The highest BCUT2D eigenvalue weighted by Crippen LogP contribution is 2.56. The molecule has 2 unspecified atom stereocenters. The van der Waals surface area contributed by atoms with Crippen molar-refractivity contribution >= 4 is 39.8 Å². The number of rotatable bonds is 5. The molecule has 8 nitrogen and oxygen atoms in total. The average Bonchev–Trinajstić information content (AvgIpc) is 3.69. The Balaban J connectivity index is 1.35. The predicted octanol–water partition coefficient (Wildman–Crippen LogP) is 6.80. The molecule has 0 amide bonds. The van der Waals surface area contributed by atoms with Crippen molar-refractivity contribution in [3.8, 4) is 11.3 Å². The Morgan fingerprint density at radius 1 is 1.02 bits per heavy atom. The summed E-state index contributed by atoms with van der Waals surface area (Å²) < 4.78 is 28.3. The van der Waals surface area contributed by atoms with Crippen LogP contribution in [-0.2, 0) is 9.47 Å². The van der Waals surface area contributed by atoms with Crippen LogP contribution < -0.4 is 4.90 Å². The first kappa shape index (κ1) is 27.7. The minimum atomic E-state index is -0.745. The maximum absolute atomic E-state index is 15.5. The largest absolute Gasteiger partial charge is 0.456 e. The summed E-state index contributed by atoms with van der Waals surface area (Å²) in [7, 11) is 0. The number of morpholine rings is 1. The number of imidazole rings is 1. The number of esters is 1. The van der Waals surface area contributed by atoms with E-state index in [0.29, 0.717) is 48.4 Å². The molecule has 1 aliphatic heterocycles. The monoisotopic (exact) mass is 599 g/mol. The van der Waals surface area contributed by atoms with Crippen molar-refractivity contribution in [3.05, 3.63) is 88.6 Å². The molecule has 220 valence electrons. The molecule has 4 heterocycles. The van der Waals surface area contributed by atoms with Crippen molar-refractivity contribution < 1.29 is 18.7 Å². The number of aromatic nitrogens is 4. The summed E-state index contributed by atoms with van der Waals surface area (Å²) >= 11 is 6.58. The Hall–Kier alpha value is -4.08. The molecule has 2 aromatic carbocycles. The van der Waals surface area contributed by atoms with E-state index in [9.17, 15) is 4.79 Å². The second-order valence-electron chi connectivity index (χ2n) is 12.1. The first-order chi connectivity index (χ1) is 20.7. The molecule has 1 aliphatic carbocycles. The number of carbonyl (C=O) groups excluding carboxylic acids is 1. The van der Waals surface area contributed by atoms with Gasteiger partial charge in [0.25, 0.3) is 0 Å². The minimum absolute atomic E-state index is 0.0512. The van der Waals surface area contributed by atoms with Gasteiger partial charge < -0.3 is 14.4 Å². The van der Waals surface area contributed by atoms with E-state index in [0.717, 1.165) is 34.4 Å². The first-order valence-electron chi connectivity index (χ1n) is 14.5. The number of carbonyl (C=O) groups is 1. The Morgan fingerprint density at radius 3 is 2.58 bits per heavy atom. The fraction of sp³-hybridized carbons (Fsp3) is 0.333. The number of hydrogen-bond donors (Lipinski definition) is 0. The number of halogens is 2. The zero-order valence-corrected chi connectivity index (χ0v) is 24.9. The molecule has 7 rings (SSSR count). The Morgan fingerprint density at radius 2 is 1.81 bits per heavy atom. The number of nitrogens with zero attached hydrogens (tertiary/aromatic N) is 5. The van der Waals surface area contributed by atoms with Gasteiger partial charge >= 0.3 is 5.97 Å². The molecule has 10 heteroatoms. The summed E-state index contributed by atoms with van der Waals surface area (Å²) in [6.45, 7) is 7.84. The molecular weight excluding hydrogens is 569 g/mol. The topological polar surface area (TPSA) is 81.8 Å². The van der Waals surface area contributed by atoms with Gasteiger partial charge in [0, 0.05) is 47.6 Å². The van der Waals surface area contributed by atoms with Crippen LogP contribution in [0.2, 0.25) is 5.15 Å². The van der Waals surface area contributed by atoms with Gasteiger partial charge in [0.05, 0.1) is 41.4 Å². The molecule has 1 saturated heterocycles. The average molecular weight is 600 g/mol. The highest BCUT2D eigenvalue weighted by Gasteiger charge is 2.45. The zero-order chi connectivity index (χ0) is 29.9. The van der Waals surface area contributed by atoms with Crippen LogP contribution >= 0.6 is 11.6 Å². The maximum Gasteiger partial charge on any atom is 0.341 e. The lowest BCUT2D eigenvalue weighted by molar-refractivity contribution is 0.00647. The van der Waals surface area contributed by atoms with E-state index in [2.05, 4.69) is 28.2 Å². The van der Waals surface area contributed by atoms with Gasteiger partial charge in [-0.3, -0.25) is 4.98 Å². The van der Waals surface area contributed by atoms with E-state index in [1.54, 1.807) is 31.4 Å². The van der Waals surface area contributed by atoms with Crippen molar-refractivity contribution in [2.45, 2.75) is 44.6 Å². The molecule has 0 spiro atoms. The highest BCUT2D eigenvalue weighted by atomic mass is 35.5. The van der Waals surface area contributed by atoms with E-state index in [4.69, 9.17) is 31.0 Å². The van der Waals surface area contributed by atoms with Crippen molar-refractivity contribution in [1.29, 1.82) is 0 Å². The summed E-state index contributed by atoms with van der Waals surface area (Å²) in [4.78, 5) is 25.0. The molecule has 3 aromatic heterocycles. The first-order valence-corrected chi connectivity index (χ1v) is 14.8. The van der Waals surface area contributed by atoms with Gasteiger partial charge in [-0.05, 0) is 51.5 Å². The highest BCUT2D eigenvalue weighted by molar-refractivity contribution is 6.29. The van der Waals surface area contributed by atoms with Crippen molar-refractivity contribution in [2.24, 2.45) is 0 Å². The fourth-order valence-corrected chi connectivity index (χ4v) is 6.01. The van der Waals surface area contributed by atoms with E-state index < -0.39 is 17.4 Å². The number of benzene rings is 2. The normalized spacial score (nSPS) is 18.8. The number of fused-ring (bicyclic) bond motifs is 2. The zero-order valence-electron chi connectivity index (χ0n) is 24.2. The summed E-state index contributed by atoms with van der Waals surface area (Å²) in [6.07, 6.45) is 0.849. The number of anilines is 1. The van der Waals surface area contributed by atoms with Crippen LogP contribution in [0.5, 0.6) is 0 Å². The molecule has 2 aliphatic rings. The number of hydrogen-bond acceptors (Lipinski definition) is 7. The Bertz CT molecular complexity index is 1880. The van der Waals surface area contributed by atoms with Crippen LogP contribution in [-0.4, -0.2) is 57.5 Å². The number of para-hydroxylation sites is 1. The van der Waals surface area contributed by atoms with Gasteiger partial charge in [0.15, 0.2) is 10.8 Å². The van der Waals surface area contributed by atoms with Crippen LogP contribution in [0.4, 0.5) is 10.1 Å². The molecule has 2 fully saturated rings. The SMILES string of the molecule is CC(C)(C)OC(=O)c1ccc(-c2c(C3CC3c3ccc4ccccc4n3)nc3c(N4CCOCC4)cc(Cl)nn23)cc1F. The van der Waals surface area contributed by atoms with Crippen LogP contribution in [0.3, 0.4) is 0 Å². The van der Waals surface area contributed by atoms with Crippen molar-refractivity contribution in [1.82, 2.24) is 19.6 Å². The molecule has 1 saturated carbocycles.